The van der Waals surface area contributed by atoms with Crippen molar-refractivity contribution >= 4 is 21.7 Å². The molecule has 3 rings (SSSR count). The highest BCUT2D eigenvalue weighted by molar-refractivity contribution is 9.10. The number of hydrogen-bond acceptors (Lipinski definition) is 3. The quantitative estimate of drug-likeness (QED) is 0.688. The highest BCUT2D eigenvalue weighted by Crippen LogP contribution is 2.25. The Morgan fingerprint density at radius 3 is 2.88 bits per heavy atom. The fourth-order valence-electron chi connectivity index (χ4n) is 3.14. The van der Waals surface area contributed by atoms with Crippen LogP contribution >= 0.6 is 15.9 Å². The lowest BCUT2D eigenvalue weighted by Crippen LogP contribution is -2.18. The second kappa shape index (κ2) is 7.53. The van der Waals surface area contributed by atoms with Crippen molar-refractivity contribution in [2.45, 2.75) is 39.3 Å². The number of aromatic nitrogens is 1. The van der Waals surface area contributed by atoms with Gasteiger partial charge < -0.3 is 14.0 Å². The molecule has 1 saturated heterocycles. The summed E-state index contributed by atoms with van der Waals surface area (Å²) in [5.74, 6) is 0.677. The summed E-state index contributed by atoms with van der Waals surface area (Å²) in [5.41, 5.74) is 2.81. The normalized spacial score (nSPS) is 17.2. The fraction of sp³-hybridized carbons (Fsp3) is 0.421. The standard InChI is InChI=1S/C19H22BrNO3/c1-13-10-16(14(2)21(13)11-15-6-5-9-23-15)18(22)12-24-19-8-4-3-7-17(19)20/h3-4,7-8,10,15H,5-6,9,11-12H2,1-2H3/t15-/m0/s1. The number of para-hydroxylation sites is 1. The Hall–Kier alpha value is -1.59. The second-order valence-electron chi connectivity index (χ2n) is 6.17. The zero-order chi connectivity index (χ0) is 17.1. The maximum absolute atomic E-state index is 12.6. The first-order valence-corrected chi connectivity index (χ1v) is 9.04. The summed E-state index contributed by atoms with van der Waals surface area (Å²) in [4.78, 5) is 12.6. The lowest BCUT2D eigenvalue weighted by molar-refractivity contribution is 0.0914. The molecule has 2 heterocycles. The first-order chi connectivity index (χ1) is 11.6. The Balaban J connectivity index is 1.69. The average molecular weight is 392 g/mol. The van der Waals surface area contributed by atoms with Gasteiger partial charge in [0.25, 0.3) is 0 Å². The second-order valence-corrected chi connectivity index (χ2v) is 7.03. The van der Waals surface area contributed by atoms with Gasteiger partial charge in [-0.15, -0.1) is 0 Å². The monoisotopic (exact) mass is 391 g/mol. The van der Waals surface area contributed by atoms with Gasteiger partial charge in [-0.3, -0.25) is 4.79 Å². The first kappa shape index (κ1) is 17.2. The van der Waals surface area contributed by atoms with Crippen LogP contribution in [0, 0.1) is 13.8 Å². The molecule has 0 unspecified atom stereocenters. The van der Waals surface area contributed by atoms with Crippen molar-refractivity contribution in [1.82, 2.24) is 4.57 Å². The molecule has 0 aliphatic carbocycles. The van der Waals surface area contributed by atoms with Crippen molar-refractivity contribution in [3.8, 4) is 5.75 Å². The number of hydrogen-bond donors (Lipinski definition) is 0. The van der Waals surface area contributed by atoms with Crippen LogP contribution < -0.4 is 4.74 Å². The summed E-state index contributed by atoms with van der Waals surface area (Å²) >= 11 is 3.43. The van der Waals surface area contributed by atoms with E-state index in [1.165, 1.54) is 0 Å². The van der Waals surface area contributed by atoms with E-state index < -0.39 is 0 Å². The third kappa shape index (κ3) is 3.73. The van der Waals surface area contributed by atoms with E-state index in [4.69, 9.17) is 9.47 Å². The molecule has 1 aliphatic rings. The Morgan fingerprint density at radius 1 is 1.38 bits per heavy atom. The summed E-state index contributed by atoms with van der Waals surface area (Å²) in [6.07, 6.45) is 2.47. The van der Waals surface area contributed by atoms with Crippen LogP contribution in [0.2, 0.25) is 0 Å². The number of benzene rings is 1. The van der Waals surface area contributed by atoms with Gasteiger partial charge in [-0.25, -0.2) is 0 Å². The number of ether oxygens (including phenoxy) is 2. The van der Waals surface area contributed by atoms with Crippen molar-refractivity contribution in [2.75, 3.05) is 13.2 Å². The topological polar surface area (TPSA) is 40.5 Å². The number of aryl methyl sites for hydroxylation is 1. The molecule has 1 aromatic heterocycles. The summed E-state index contributed by atoms with van der Waals surface area (Å²) in [6, 6.07) is 9.50. The van der Waals surface area contributed by atoms with Crippen LogP contribution in [0.3, 0.4) is 0 Å². The molecule has 0 bridgehead atoms. The third-order valence-corrected chi connectivity index (χ3v) is 5.13. The van der Waals surface area contributed by atoms with Crippen LogP contribution in [-0.2, 0) is 11.3 Å². The summed E-state index contributed by atoms with van der Waals surface area (Å²) < 4.78 is 14.4. The molecule has 2 aromatic rings. The number of ketones is 1. The summed E-state index contributed by atoms with van der Waals surface area (Å²) in [6.45, 7) is 5.72. The van der Waals surface area contributed by atoms with Crippen LogP contribution in [0.15, 0.2) is 34.8 Å². The minimum absolute atomic E-state index is 0.00237. The fourth-order valence-corrected chi connectivity index (χ4v) is 3.54. The minimum atomic E-state index is -0.00237. The van der Waals surface area contributed by atoms with Crippen LogP contribution in [0.25, 0.3) is 0 Å². The number of carbonyl (C=O) groups excluding carboxylic acids is 1. The molecule has 24 heavy (non-hydrogen) atoms. The van der Waals surface area contributed by atoms with Gasteiger partial charge >= 0.3 is 0 Å². The molecule has 0 spiro atoms. The summed E-state index contributed by atoms with van der Waals surface area (Å²) in [7, 11) is 0. The van der Waals surface area contributed by atoms with Crippen LogP contribution in [0.1, 0.15) is 34.6 Å². The van der Waals surface area contributed by atoms with Gasteiger partial charge in [0.1, 0.15) is 5.75 Å². The average Bonchev–Trinajstić information content (AvgIpc) is 3.17. The van der Waals surface area contributed by atoms with Crippen LogP contribution in [0.4, 0.5) is 0 Å². The zero-order valence-electron chi connectivity index (χ0n) is 14.0. The molecule has 1 aromatic carbocycles. The van der Waals surface area contributed by atoms with E-state index in [9.17, 15) is 4.79 Å². The van der Waals surface area contributed by atoms with Crippen molar-refractivity contribution in [3.05, 3.63) is 51.8 Å². The number of halogens is 1. The van der Waals surface area contributed by atoms with E-state index in [0.717, 1.165) is 47.4 Å². The van der Waals surface area contributed by atoms with Crippen molar-refractivity contribution < 1.29 is 14.3 Å². The molecule has 5 heteroatoms. The predicted molar refractivity (Wildman–Crippen MR) is 96.8 cm³/mol. The Morgan fingerprint density at radius 2 is 2.17 bits per heavy atom. The van der Waals surface area contributed by atoms with E-state index in [2.05, 4.69) is 20.5 Å². The lowest BCUT2D eigenvalue weighted by atomic mass is 10.1. The third-order valence-electron chi connectivity index (χ3n) is 4.48. The van der Waals surface area contributed by atoms with Gasteiger partial charge in [-0.2, -0.15) is 0 Å². The maximum atomic E-state index is 12.6. The molecule has 0 saturated carbocycles. The first-order valence-electron chi connectivity index (χ1n) is 8.25. The van der Waals surface area contributed by atoms with E-state index in [0.29, 0.717) is 5.75 Å². The van der Waals surface area contributed by atoms with Crippen molar-refractivity contribution in [2.24, 2.45) is 0 Å². The molecule has 0 amide bonds. The molecule has 0 N–H and O–H groups in total. The van der Waals surface area contributed by atoms with Crippen molar-refractivity contribution in [3.63, 3.8) is 0 Å². The molecule has 0 radical (unpaired) electrons. The predicted octanol–water partition coefficient (Wildman–Crippen LogP) is 4.31. The van der Waals surface area contributed by atoms with E-state index in [1.54, 1.807) is 0 Å². The number of carbonyl (C=O) groups is 1. The molecule has 128 valence electrons. The van der Waals surface area contributed by atoms with E-state index in [-0.39, 0.29) is 18.5 Å². The van der Waals surface area contributed by atoms with Gasteiger partial charge in [0.2, 0.25) is 5.78 Å². The summed E-state index contributed by atoms with van der Waals surface area (Å²) in [5, 5.41) is 0. The van der Waals surface area contributed by atoms with Crippen LogP contribution in [-0.4, -0.2) is 29.7 Å². The molecular weight excluding hydrogens is 370 g/mol. The van der Waals surface area contributed by atoms with Gasteiger partial charge in [-0.05, 0) is 60.8 Å². The Bertz CT molecular complexity index is 732. The van der Waals surface area contributed by atoms with Crippen LogP contribution in [0.5, 0.6) is 5.75 Å². The molecule has 1 atom stereocenters. The van der Waals surface area contributed by atoms with Crippen molar-refractivity contribution in [1.29, 1.82) is 0 Å². The number of nitrogens with zero attached hydrogens (tertiary/aromatic N) is 1. The maximum Gasteiger partial charge on any atom is 0.202 e. The van der Waals surface area contributed by atoms with E-state index >= 15 is 0 Å². The largest absolute Gasteiger partial charge is 0.484 e. The molecule has 4 nitrogen and oxygen atoms in total. The van der Waals surface area contributed by atoms with Gasteiger partial charge in [0, 0.05) is 30.1 Å². The Kier molecular flexibility index (Phi) is 5.41. The van der Waals surface area contributed by atoms with Gasteiger partial charge in [-0.1, -0.05) is 12.1 Å². The van der Waals surface area contributed by atoms with E-state index in [1.807, 2.05) is 44.2 Å². The zero-order valence-corrected chi connectivity index (χ0v) is 15.6. The van der Waals surface area contributed by atoms with Gasteiger partial charge in [0.05, 0.1) is 10.6 Å². The highest BCUT2D eigenvalue weighted by Gasteiger charge is 2.21. The minimum Gasteiger partial charge on any atom is -0.484 e. The Labute approximate surface area is 150 Å². The molecule has 1 fully saturated rings. The number of Topliss-reactive ketones (excluding diaryl/α,β-unsaturated/α-hetero) is 1. The smallest absolute Gasteiger partial charge is 0.202 e. The number of rotatable bonds is 6. The SMILES string of the molecule is Cc1cc(C(=O)COc2ccccc2Br)c(C)n1C[C@@H]1CCCO1. The highest BCUT2D eigenvalue weighted by atomic mass is 79.9. The van der Waals surface area contributed by atoms with Gasteiger partial charge in [0.15, 0.2) is 6.61 Å². The molecule has 1 aliphatic heterocycles. The lowest BCUT2D eigenvalue weighted by Gasteiger charge is -2.15. The molecular formula is C19H22BrNO3.